The van der Waals surface area contributed by atoms with Gasteiger partial charge < -0.3 is 0 Å². The highest BCUT2D eigenvalue weighted by molar-refractivity contribution is 5.86. The van der Waals surface area contributed by atoms with Crippen LogP contribution < -0.4 is 5.56 Å². The van der Waals surface area contributed by atoms with Crippen LogP contribution >= 0.6 is 0 Å². The molecule has 0 radical (unpaired) electrons. The maximum atomic E-state index is 12.7. The molecule has 2 aromatic heterocycles. The first-order valence-corrected chi connectivity index (χ1v) is 6.14. The molecule has 0 saturated carbocycles. The molecule has 0 saturated heterocycles. The van der Waals surface area contributed by atoms with Crippen molar-refractivity contribution in [1.82, 2.24) is 9.38 Å². The third-order valence-electron chi connectivity index (χ3n) is 3.39. The highest BCUT2D eigenvalue weighted by Crippen LogP contribution is 2.16. The van der Waals surface area contributed by atoms with Crippen molar-refractivity contribution in [2.75, 3.05) is 0 Å². The van der Waals surface area contributed by atoms with Crippen LogP contribution in [0.5, 0.6) is 0 Å². The molecule has 0 unspecified atom stereocenters. The van der Waals surface area contributed by atoms with Gasteiger partial charge in [0.25, 0.3) is 5.56 Å². The predicted octanol–water partition coefficient (Wildman–Crippen LogP) is 3.00. The Labute approximate surface area is 108 Å². The molecular formula is C16H10N2O. The van der Waals surface area contributed by atoms with Gasteiger partial charge in [-0.05, 0) is 29.7 Å². The number of para-hydroxylation sites is 2. The van der Waals surface area contributed by atoms with Crippen LogP contribution in [0.25, 0.3) is 27.5 Å². The second kappa shape index (κ2) is 3.65. The minimum atomic E-state index is -0.0238. The summed E-state index contributed by atoms with van der Waals surface area (Å²) in [5.74, 6) is 0. The molecule has 2 heterocycles. The van der Waals surface area contributed by atoms with Crippen molar-refractivity contribution in [3.8, 4) is 0 Å². The SMILES string of the molecule is O=c1c2ccccc2ccc2nc3ccccc3n12. The van der Waals surface area contributed by atoms with Gasteiger partial charge in [0, 0.05) is 5.39 Å². The number of benzene rings is 2. The first-order chi connectivity index (χ1) is 9.34. The molecule has 0 aliphatic carbocycles. The van der Waals surface area contributed by atoms with Crippen LogP contribution in [0.4, 0.5) is 0 Å². The largest absolute Gasteiger partial charge is 0.268 e. The zero-order valence-electron chi connectivity index (χ0n) is 10.1. The molecule has 0 bridgehead atoms. The Morgan fingerprint density at radius 1 is 0.842 bits per heavy atom. The lowest BCUT2D eigenvalue weighted by Gasteiger charge is -1.92. The molecule has 0 aliphatic rings. The van der Waals surface area contributed by atoms with E-state index in [1.807, 2.05) is 60.7 Å². The molecule has 2 aromatic carbocycles. The molecule has 90 valence electrons. The number of imidazole rings is 1. The molecular weight excluding hydrogens is 236 g/mol. The Morgan fingerprint density at radius 3 is 2.58 bits per heavy atom. The summed E-state index contributed by atoms with van der Waals surface area (Å²) >= 11 is 0. The van der Waals surface area contributed by atoms with Crippen molar-refractivity contribution in [2.45, 2.75) is 0 Å². The van der Waals surface area contributed by atoms with Crippen LogP contribution in [0.15, 0.2) is 65.5 Å². The van der Waals surface area contributed by atoms with E-state index in [1.165, 1.54) is 0 Å². The average Bonchev–Trinajstić information content (AvgIpc) is 2.76. The molecule has 0 N–H and O–H groups in total. The summed E-state index contributed by atoms with van der Waals surface area (Å²) in [6.45, 7) is 0. The smallest absolute Gasteiger partial charge is 0.264 e. The van der Waals surface area contributed by atoms with Crippen LogP contribution in [0, 0.1) is 0 Å². The van der Waals surface area contributed by atoms with Gasteiger partial charge in [-0.25, -0.2) is 4.98 Å². The van der Waals surface area contributed by atoms with E-state index in [0.717, 1.165) is 16.4 Å². The van der Waals surface area contributed by atoms with E-state index in [1.54, 1.807) is 4.40 Å². The molecule has 19 heavy (non-hydrogen) atoms. The number of hydrogen-bond donors (Lipinski definition) is 0. The van der Waals surface area contributed by atoms with Gasteiger partial charge in [0.15, 0.2) is 0 Å². The quantitative estimate of drug-likeness (QED) is 0.478. The lowest BCUT2D eigenvalue weighted by atomic mass is 10.2. The lowest BCUT2D eigenvalue weighted by Crippen LogP contribution is -2.09. The molecule has 0 aliphatic heterocycles. The lowest BCUT2D eigenvalue weighted by molar-refractivity contribution is 1.19. The van der Waals surface area contributed by atoms with Crippen molar-refractivity contribution < 1.29 is 0 Å². The van der Waals surface area contributed by atoms with Crippen molar-refractivity contribution in [2.24, 2.45) is 0 Å². The van der Waals surface area contributed by atoms with Gasteiger partial charge in [-0.1, -0.05) is 36.4 Å². The van der Waals surface area contributed by atoms with E-state index in [4.69, 9.17) is 0 Å². The fraction of sp³-hybridized carbons (Fsp3) is 0. The van der Waals surface area contributed by atoms with Crippen LogP contribution in [0.2, 0.25) is 0 Å². The maximum Gasteiger partial charge on any atom is 0.264 e. The van der Waals surface area contributed by atoms with Gasteiger partial charge in [0.2, 0.25) is 0 Å². The zero-order chi connectivity index (χ0) is 12.8. The minimum Gasteiger partial charge on any atom is -0.268 e. The monoisotopic (exact) mass is 246 g/mol. The summed E-state index contributed by atoms with van der Waals surface area (Å²) in [5.41, 5.74) is 2.35. The van der Waals surface area contributed by atoms with E-state index in [2.05, 4.69) is 4.98 Å². The van der Waals surface area contributed by atoms with Crippen molar-refractivity contribution in [3.63, 3.8) is 0 Å². The highest BCUT2D eigenvalue weighted by atomic mass is 16.1. The maximum absolute atomic E-state index is 12.7. The van der Waals surface area contributed by atoms with Crippen LogP contribution in [-0.4, -0.2) is 9.38 Å². The fourth-order valence-electron chi connectivity index (χ4n) is 2.49. The molecule has 0 fully saturated rings. The Kier molecular flexibility index (Phi) is 1.97. The van der Waals surface area contributed by atoms with Gasteiger partial charge in [0.1, 0.15) is 5.65 Å². The van der Waals surface area contributed by atoms with E-state index in [9.17, 15) is 4.79 Å². The number of hydrogen-bond acceptors (Lipinski definition) is 2. The summed E-state index contributed by atoms with van der Waals surface area (Å²) in [7, 11) is 0. The van der Waals surface area contributed by atoms with Crippen LogP contribution in [0.3, 0.4) is 0 Å². The van der Waals surface area contributed by atoms with E-state index in [-0.39, 0.29) is 5.56 Å². The van der Waals surface area contributed by atoms with Crippen molar-refractivity contribution >= 4 is 27.5 Å². The van der Waals surface area contributed by atoms with Crippen molar-refractivity contribution in [1.29, 1.82) is 0 Å². The Morgan fingerprint density at radius 2 is 1.63 bits per heavy atom. The zero-order valence-corrected chi connectivity index (χ0v) is 10.1. The van der Waals surface area contributed by atoms with E-state index in [0.29, 0.717) is 11.0 Å². The Balaban J connectivity index is 2.39. The molecule has 4 rings (SSSR count). The first kappa shape index (κ1) is 10.3. The Hall–Kier alpha value is -2.68. The van der Waals surface area contributed by atoms with Gasteiger partial charge in [-0.2, -0.15) is 0 Å². The summed E-state index contributed by atoms with van der Waals surface area (Å²) in [6.07, 6.45) is 0. The summed E-state index contributed by atoms with van der Waals surface area (Å²) < 4.78 is 1.68. The third-order valence-corrected chi connectivity index (χ3v) is 3.39. The average molecular weight is 246 g/mol. The summed E-state index contributed by atoms with van der Waals surface area (Å²) in [5, 5.41) is 1.64. The van der Waals surface area contributed by atoms with Crippen molar-refractivity contribution in [3.05, 3.63) is 71.0 Å². The molecule has 0 amide bonds. The van der Waals surface area contributed by atoms with Gasteiger partial charge in [-0.3, -0.25) is 9.20 Å². The number of aromatic nitrogens is 2. The van der Waals surface area contributed by atoms with Crippen LogP contribution in [0.1, 0.15) is 0 Å². The molecule has 4 aromatic rings. The first-order valence-electron chi connectivity index (χ1n) is 6.14. The normalized spacial score (nSPS) is 11.4. The number of nitrogens with zero attached hydrogens (tertiary/aromatic N) is 2. The number of rotatable bonds is 0. The predicted molar refractivity (Wildman–Crippen MR) is 76.5 cm³/mol. The van der Waals surface area contributed by atoms with Gasteiger partial charge in [0.05, 0.1) is 11.0 Å². The Bertz CT molecular complexity index is 986. The summed E-state index contributed by atoms with van der Waals surface area (Å²) in [6, 6.07) is 19.1. The summed E-state index contributed by atoms with van der Waals surface area (Å²) in [4.78, 5) is 17.2. The minimum absolute atomic E-state index is 0.0238. The molecule has 3 nitrogen and oxygen atoms in total. The van der Waals surface area contributed by atoms with E-state index >= 15 is 0 Å². The van der Waals surface area contributed by atoms with Gasteiger partial charge >= 0.3 is 0 Å². The van der Waals surface area contributed by atoms with E-state index < -0.39 is 0 Å². The highest BCUT2D eigenvalue weighted by Gasteiger charge is 2.07. The molecule has 0 atom stereocenters. The molecule has 3 heteroatoms. The third kappa shape index (κ3) is 1.38. The second-order valence-corrected chi connectivity index (χ2v) is 4.52. The fourth-order valence-corrected chi connectivity index (χ4v) is 2.49. The second-order valence-electron chi connectivity index (χ2n) is 4.52. The number of fused-ring (bicyclic) bond motifs is 4. The van der Waals surface area contributed by atoms with Gasteiger partial charge in [-0.15, -0.1) is 0 Å². The topological polar surface area (TPSA) is 34.4 Å². The van der Waals surface area contributed by atoms with Crippen LogP contribution in [-0.2, 0) is 0 Å². The molecule has 0 spiro atoms. The standard InChI is InChI=1S/C16H10N2O/c19-16-12-6-2-1-5-11(12)9-10-15-17-13-7-3-4-8-14(13)18(15)16/h1-10H.